The molecule has 78 valence electrons. The van der Waals surface area contributed by atoms with E-state index in [0.717, 1.165) is 12.0 Å². The maximum atomic E-state index is 11.7. The Balaban J connectivity index is 2.13. The van der Waals surface area contributed by atoms with E-state index in [1.54, 1.807) is 12.3 Å². The number of amides is 1. The van der Waals surface area contributed by atoms with Crippen LogP contribution in [0.3, 0.4) is 0 Å². The van der Waals surface area contributed by atoms with E-state index in [2.05, 4.69) is 15.5 Å². The molecule has 0 aliphatic carbocycles. The molecule has 1 amide bonds. The predicted octanol–water partition coefficient (Wildman–Crippen LogP) is 2.29. The molecule has 0 aliphatic rings. The third-order valence-corrected chi connectivity index (χ3v) is 2.80. The minimum Gasteiger partial charge on any atom is -0.307 e. The molecule has 0 saturated heterocycles. The first-order valence-corrected chi connectivity index (χ1v) is 5.61. The van der Waals surface area contributed by atoms with Gasteiger partial charge in [0.15, 0.2) is 0 Å². The lowest BCUT2D eigenvalue weighted by molar-refractivity contribution is 0.102. The van der Waals surface area contributed by atoms with Crippen LogP contribution in [0.15, 0.2) is 23.0 Å². The van der Waals surface area contributed by atoms with E-state index in [1.165, 1.54) is 11.3 Å². The van der Waals surface area contributed by atoms with Gasteiger partial charge in [-0.25, -0.2) is 0 Å². The quantitative estimate of drug-likeness (QED) is 0.835. The Morgan fingerprint density at radius 1 is 1.67 bits per heavy atom. The van der Waals surface area contributed by atoms with E-state index < -0.39 is 0 Å². The van der Waals surface area contributed by atoms with Crippen molar-refractivity contribution in [2.75, 3.05) is 5.32 Å². The SMILES string of the molecule is CCc1cn[nH]c1NC(=O)c1ccsc1. The second kappa shape index (κ2) is 4.27. The zero-order chi connectivity index (χ0) is 10.7. The molecule has 0 radical (unpaired) electrons. The lowest BCUT2D eigenvalue weighted by Crippen LogP contribution is -2.12. The van der Waals surface area contributed by atoms with Crippen molar-refractivity contribution in [3.63, 3.8) is 0 Å². The van der Waals surface area contributed by atoms with E-state index in [4.69, 9.17) is 0 Å². The molecule has 5 heteroatoms. The number of hydrogen-bond donors (Lipinski definition) is 2. The standard InChI is InChI=1S/C10H11N3OS/c1-2-7-5-11-13-9(7)12-10(14)8-3-4-15-6-8/h3-6H,2H2,1H3,(H2,11,12,13,14). The van der Waals surface area contributed by atoms with Gasteiger partial charge >= 0.3 is 0 Å². The van der Waals surface area contributed by atoms with Crippen LogP contribution in [0.4, 0.5) is 5.82 Å². The minimum absolute atomic E-state index is 0.102. The smallest absolute Gasteiger partial charge is 0.257 e. The summed E-state index contributed by atoms with van der Waals surface area (Å²) < 4.78 is 0. The van der Waals surface area contributed by atoms with Crippen molar-refractivity contribution >= 4 is 23.1 Å². The zero-order valence-electron chi connectivity index (χ0n) is 8.28. The lowest BCUT2D eigenvalue weighted by atomic mass is 10.2. The zero-order valence-corrected chi connectivity index (χ0v) is 9.10. The molecule has 0 saturated carbocycles. The molecule has 2 heterocycles. The largest absolute Gasteiger partial charge is 0.307 e. The van der Waals surface area contributed by atoms with Gasteiger partial charge in [-0.15, -0.1) is 0 Å². The third kappa shape index (κ3) is 2.07. The number of nitrogens with zero attached hydrogens (tertiary/aromatic N) is 1. The number of nitrogens with one attached hydrogen (secondary N) is 2. The average Bonchev–Trinajstić information content (AvgIpc) is 2.87. The number of H-pyrrole nitrogens is 1. The van der Waals surface area contributed by atoms with Crippen LogP contribution < -0.4 is 5.32 Å². The van der Waals surface area contributed by atoms with Gasteiger partial charge in [-0.1, -0.05) is 6.92 Å². The van der Waals surface area contributed by atoms with E-state index in [-0.39, 0.29) is 5.91 Å². The van der Waals surface area contributed by atoms with Crippen LogP contribution in [-0.4, -0.2) is 16.1 Å². The molecule has 0 unspecified atom stereocenters. The maximum Gasteiger partial charge on any atom is 0.257 e. The lowest BCUT2D eigenvalue weighted by Gasteiger charge is -2.02. The number of aromatic nitrogens is 2. The molecular weight excluding hydrogens is 210 g/mol. The maximum absolute atomic E-state index is 11.7. The Kier molecular flexibility index (Phi) is 2.82. The summed E-state index contributed by atoms with van der Waals surface area (Å²) in [5.41, 5.74) is 1.69. The molecule has 0 atom stereocenters. The van der Waals surface area contributed by atoms with Gasteiger partial charge in [0.1, 0.15) is 5.82 Å². The summed E-state index contributed by atoms with van der Waals surface area (Å²) in [5, 5.41) is 13.1. The number of thiophene rings is 1. The molecule has 0 aromatic carbocycles. The van der Waals surface area contributed by atoms with Gasteiger partial charge in [0.25, 0.3) is 5.91 Å². The topological polar surface area (TPSA) is 57.8 Å². The molecule has 0 spiro atoms. The second-order valence-corrected chi connectivity index (χ2v) is 3.87. The first-order chi connectivity index (χ1) is 7.31. The molecule has 2 aromatic rings. The van der Waals surface area contributed by atoms with Crippen LogP contribution in [0.25, 0.3) is 0 Å². The van der Waals surface area contributed by atoms with Crippen molar-refractivity contribution in [1.29, 1.82) is 0 Å². The van der Waals surface area contributed by atoms with Crippen molar-refractivity contribution in [1.82, 2.24) is 10.2 Å². The number of rotatable bonds is 3. The van der Waals surface area contributed by atoms with Crippen LogP contribution in [0.1, 0.15) is 22.8 Å². The monoisotopic (exact) mass is 221 g/mol. The highest BCUT2D eigenvalue weighted by Crippen LogP contribution is 2.14. The highest BCUT2D eigenvalue weighted by molar-refractivity contribution is 7.08. The number of carbonyl (C=O) groups excluding carboxylic acids is 1. The fourth-order valence-electron chi connectivity index (χ4n) is 1.27. The van der Waals surface area contributed by atoms with Gasteiger partial charge < -0.3 is 5.32 Å². The fourth-order valence-corrected chi connectivity index (χ4v) is 1.90. The first kappa shape index (κ1) is 9.92. The van der Waals surface area contributed by atoms with Crippen LogP contribution in [0.2, 0.25) is 0 Å². The van der Waals surface area contributed by atoms with Gasteiger partial charge in [-0.05, 0) is 17.9 Å². The second-order valence-electron chi connectivity index (χ2n) is 3.09. The van der Waals surface area contributed by atoms with Crippen LogP contribution in [-0.2, 0) is 6.42 Å². The van der Waals surface area contributed by atoms with E-state index in [9.17, 15) is 4.79 Å². The normalized spacial score (nSPS) is 10.2. The molecule has 0 fully saturated rings. The molecule has 2 aromatic heterocycles. The average molecular weight is 221 g/mol. The molecule has 0 aliphatic heterocycles. The van der Waals surface area contributed by atoms with Gasteiger partial charge in [0.05, 0.1) is 11.8 Å². The highest BCUT2D eigenvalue weighted by atomic mass is 32.1. The molecule has 0 bridgehead atoms. The number of aromatic amines is 1. The van der Waals surface area contributed by atoms with E-state index in [1.807, 2.05) is 17.7 Å². The Labute approximate surface area is 91.3 Å². The Morgan fingerprint density at radius 3 is 3.20 bits per heavy atom. The fraction of sp³-hybridized carbons (Fsp3) is 0.200. The number of carbonyl (C=O) groups is 1. The van der Waals surface area contributed by atoms with Crippen LogP contribution >= 0.6 is 11.3 Å². The van der Waals surface area contributed by atoms with Crippen molar-refractivity contribution < 1.29 is 4.79 Å². The molecular formula is C10H11N3OS. The highest BCUT2D eigenvalue weighted by Gasteiger charge is 2.09. The first-order valence-electron chi connectivity index (χ1n) is 4.67. The predicted molar refractivity (Wildman–Crippen MR) is 60.2 cm³/mol. The van der Waals surface area contributed by atoms with E-state index in [0.29, 0.717) is 11.4 Å². The number of hydrogen-bond acceptors (Lipinski definition) is 3. The van der Waals surface area contributed by atoms with Gasteiger partial charge in [0.2, 0.25) is 0 Å². The molecule has 15 heavy (non-hydrogen) atoms. The number of aryl methyl sites for hydroxylation is 1. The minimum atomic E-state index is -0.102. The van der Waals surface area contributed by atoms with E-state index >= 15 is 0 Å². The number of anilines is 1. The Hall–Kier alpha value is -1.62. The van der Waals surface area contributed by atoms with Gasteiger partial charge in [0, 0.05) is 10.9 Å². The summed E-state index contributed by atoms with van der Waals surface area (Å²) in [6.45, 7) is 2.02. The van der Waals surface area contributed by atoms with Gasteiger partial charge in [-0.2, -0.15) is 16.4 Å². The molecule has 2 rings (SSSR count). The van der Waals surface area contributed by atoms with Gasteiger partial charge in [-0.3, -0.25) is 9.89 Å². The summed E-state index contributed by atoms with van der Waals surface area (Å²) in [6.07, 6.45) is 2.57. The van der Waals surface area contributed by atoms with Crippen molar-refractivity contribution in [2.24, 2.45) is 0 Å². The molecule has 2 N–H and O–H groups in total. The summed E-state index contributed by atoms with van der Waals surface area (Å²) >= 11 is 1.50. The van der Waals surface area contributed by atoms with Crippen LogP contribution in [0, 0.1) is 0 Å². The summed E-state index contributed by atoms with van der Waals surface area (Å²) in [7, 11) is 0. The summed E-state index contributed by atoms with van der Waals surface area (Å²) in [5.74, 6) is 0.587. The summed E-state index contributed by atoms with van der Waals surface area (Å²) in [6, 6.07) is 1.79. The van der Waals surface area contributed by atoms with Crippen molar-refractivity contribution in [3.8, 4) is 0 Å². The Morgan fingerprint density at radius 2 is 2.53 bits per heavy atom. The van der Waals surface area contributed by atoms with Crippen LogP contribution in [0.5, 0.6) is 0 Å². The molecule has 4 nitrogen and oxygen atoms in total. The van der Waals surface area contributed by atoms with Crippen molar-refractivity contribution in [2.45, 2.75) is 13.3 Å². The summed E-state index contributed by atoms with van der Waals surface area (Å²) in [4.78, 5) is 11.7. The third-order valence-electron chi connectivity index (χ3n) is 2.12. The van der Waals surface area contributed by atoms with Crippen molar-refractivity contribution in [3.05, 3.63) is 34.2 Å². The Bertz CT molecular complexity index is 447.